The van der Waals surface area contributed by atoms with Crippen LogP contribution in [0.2, 0.25) is 0 Å². The second-order valence-electron chi connectivity index (χ2n) is 4.84. The zero-order valence-corrected chi connectivity index (χ0v) is 13.3. The predicted octanol–water partition coefficient (Wildman–Crippen LogP) is 2.18. The Morgan fingerprint density at radius 1 is 1.05 bits per heavy atom. The number of amides is 1. The molecule has 0 saturated heterocycles. The SMILES string of the molecule is CCNC(=O)c1cc(/C(NC)=C(\C)NC)c(C)cc1C. The van der Waals surface area contributed by atoms with Gasteiger partial charge in [-0.15, -0.1) is 0 Å². The quantitative estimate of drug-likeness (QED) is 0.772. The summed E-state index contributed by atoms with van der Waals surface area (Å²) in [5.74, 6) is -0.0242. The third kappa shape index (κ3) is 3.32. The first kappa shape index (κ1) is 16.1. The number of nitrogens with one attached hydrogen (secondary N) is 3. The molecule has 0 atom stereocenters. The molecule has 0 aliphatic heterocycles. The fourth-order valence-electron chi connectivity index (χ4n) is 2.27. The summed E-state index contributed by atoms with van der Waals surface area (Å²) in [6, 6.07) is 4.02. The molecular formula is C16H25N3O. The molecule has 0 bridgehead atoms. The van der Waals surface area contributed by atoms with Gasteiger partial charge >= 0.3 is 0 Å². The normalized spacial score (nSPS) is 11.7. The van der Waals surface area contributed by atoms with E-state index in [1.165, 1.54) is 0 Å². The fourth-order valence-corrected chi connectivity index (χ4v) is 2.27. The van der Waals surface area contributed by atoms with Gasteiger partial charge < -0.3 is 16.0 Å². The van der Waals surface area contributed by atoms with Gasteiger partial charge in [0.05, 0.1) is 5.70 Å². The van der Waals surface area contributed by atoms with Crippen molar-refractivity contribution in [2.75, 3.05) is 20.6 Å². The third-order valence-corrected chi connectivity index (χ3v) is 3.42. The van der Waals surface area contributed by atoms with Crippen LogP contribution in [-0.2, 0) is 0 Å². The first-order chi connectivity index (χ1) is 9.46. The Morgan fingerprint density at radius 2 is 1.65 bits per heavy atom. The molecule has 0 aliphatic rings. The molecule has 0 spiro atoms. The van der Waals surface area contributed by atoms with Crippen LogP contribution in [0.3, 0.4) is 0 Å². The molecule has 1 aromatic rings. The minimum absolute atomic E-state index is 0.0242. The Morgan fingerprint density at radius 3 is 2.15 bits per heavy atom. The summed E-state index contributed by atoms with van der Waals surface area (Å²) in [4.78, 5) is 12.1. The van der Waals surface area contributed by atoms with Crippen LogP contribution < -0.4 is 16.0 Å². The molecule has 4 heteroatoms. The van der Waals surface area contributed by atoms with E-state index in [1.807, 2.05) is 40.9 Å². The maximum absolute atomic E-state index is 12.1. The molecule has 0 aliphatic carbocycles. The lowest BCUT2D eigenvalue weighted by Gasteiger charge is -2.17. The van der Waals surface area contributed by atoms with E-state index >= 15 is 0 Å². The molecule has 0 radical (unpaired) electrons. The number of hydrogen-bond acceptors (Lipinski definition) is 3. The van der Waals surface area contributed by atoms with Gasteiger partial charge in [-0.1, -0.05) is 6.07 Å². The molecule has 0 saturated carbocycles. The van der Waals surface area contributed by atoms with E-state index in [9.17, 15) is 4.79 Å². The Hall–Kier alpha value is -1.97. The number of carbonyl (C=O) groups excluding carboxylic acids is 1. The molecular weight excluding hydrogens is 250 g/mol. The van der Waals surface area contributed by atoms with Crippen LogP contribution in [0.5, 0.6) is 0 Å². The molecule has 110 valence electrons. The first-order valence-corrected chi connectivity index (χ1v) is 6.92. The van der Waals surface area contributed by atoms with Gasteiger partial charge in [-0.3, -0.25) is 4.79 Å². The van der Waals surface area contributed by atoms with Gasteiger partial charge in [-0.05, 0) is 44.9 Å². The molecule has 3 N–H and O–H groups in total. The van der Waals surface area contributed by atoms with Crippen molar-refractivity contribution in [1.82, 2.24) is 16.0 Å². The van der Waals surface area contributed by atoms with Gasteiger partial charge in [0, 0.05) is 37.5 Å². The van der Waals surface area contributed by atoms with Crippen molar-refractivity contribution >= 4 is 11.6 Å². The van der Waals surface area contributed by atoms with Crippen molar-refractivity contribution in [3.63, 3.8) is 0 Å². The molecule has 4 nitrogen and oxygen atoms in total. The van der Waals surface area contributed by atoms with E-state index in [1.54, 1.807) is 0 Å². The van der Waals surface area contributed by atoms with Gasteiger partial charge in [-0.2, -0.15) is 0 Å². The second-order valence-corrected chi connectivity index (χ2v) is 4.84. The van der Waals surface area contributed by atoms with Crippen LogP contribution in [0.15, 0.2) is 17.8 Å². The maximum Gasteiger partial charge on any atom is 0.251 e. The highest BCUT2D eigenvalue weighted by atomic mass is 16.1. The van der Waals surface area contributed by atoms with Gasteiger partial charge in [0.2, 0.25) is 0 Å². The largest absolute Gasteiger partial charge is 0.390 e. The van der Waals surface area contributed by atoms with E-state index in [4.69, 9.17) is 0 Å². The summed E-state index contributed by atoms with van der Waals surface area (Å²) in [5, 5.41) is 9.22. The van der Waals surface area contributed by atoms with Gasteiger partial charge in [0.15, 0.2) is 0 Å². The summed E-state index contributed by atoms with van der Waals surface area (Å²) in [5.41, 5.74) is 5.97. The van der Waals surface area contributed by atoms with Crippen LogP contribution >= 0.6 is 0 Å². The highest BCUT2D eigenvalue weighted by molar-refractivity contribution is 5.96. The van der Waals surface area contributed by atoms with E-state index in [2.05, 4.69) is 28.9 Å². The number of hydrogen-bond donors (Lipinski definition) is 3. The van der Waals surface area contributed by atoms with Crippen LogP contribution in [0.4, 0.5) is 0 Å². The molecule has 1 rings (SSSR count). The Labute approximate surface area is 121 Å². The van der Waals surface area contributed by atoms with Crippen LogP contribution in [0.25, 0.3) is 5.70 Å². The molecule has 0 heterocycles. The average Bonchev–Trinajstić information content (AvgIpc) is 2.41. The van der Waals surface area contributed by atoms with Crippen LogP contribution in [0.1, 0.15) is 40.9 Å². The van der Waals surface area contributed by atoms with Crippen LogP contribution in [0, 0.1) is 13.8 Å². The van der Waals surface area contributed by atoms with Crippen molar-refractivity contribution in [3.05, 3.63) is 40.1 Å². The number of rotatable bonds is 5. The van der Waals surface area contributed by atoms with Gasteiger partial charge in [-0.25, -0.2) is 0 Å². The summed E-state index contributed by atoms with van der Waals surface area (Å²) >= 11 is 0. The highest BCUT2D eigenvalue weighted by Gasteiger charge is 2.14. The molecule has 1 amide bonds. The summed E-state index contributed by atoms with van der Waals surface area (Å²) < 4.78 is 0. The number of carbonyl (C=O) groups is 1. The molecule has 0 fully saturated rings. The number of allylic oxidation sites excluding steroid dienone is 1. The predicted molar refractivity (Wildman–Crippen MR) is 84.6 cm³/mol. The Bertz CT molecular complexity index is 533. The van der Waals surface area contributed by atoms with Crippen molar-refractivity contribution in [2.45, 2.75) is 27.7 Å². The van der Waals surface area contributed by atoms with Crippen molar-refractivity contribution in [1.29, 1.82) is 0 Å². The van der Waals surface area contributed by atoms with Gasteiger partial charge in [0.25, 0.3) is 5.91 Å². The topological polar surface area (TPSA) is 53.2 Å². The Balaban J connectivity index is 3.42. The maximum atomic E-state index is 12.1. The molecule has 1 aromatic carbocycles. The minimum Gasteiger partial charge on any atom is -0.390 e. The average molecular weight is 275 g/mol. The monoisotopic (exact) mass is 275 g/mol. The van der Waals surface area contributed by atoms with E-state index < -0.39 is 0 Å². The third-order valence-electron chi connectivity index (χ3n) is 3.42. The smallest absolute Gasteiger partial charge is 0.251 e. The minimum atomic E-state index is -0.0242. The lowest BCUT2D eigenvalue weighted by molar-refractivity contribution is 0.0955. The zero-order chi connectivity index (χ0) is 15.3. The van der Waals surface area contributed by atoms with Crippen LogP contribution in [-0.4, -0.2) is 26.5 Å². The zero-order valence-electron chi connectivity index (χ0n) is 13.3. The molecule has 0 aromatic heterocycles. The Kier molecular flexibility index (Phi) is 5.62. The van der Waals surface area contributed by atoms with Gasteiger partial charge in [0.1, 0.15) is 0 Å². The number of benzene rings is 1. The standard InChI is InChI=1S/C16H25N3O/c1-7-19-16(20)14-9-13(10(2)8-11(14)3)15(18-6)12(4)17-5/h8-9,17-18H,7H2,1-6H3,(H,19,20)/b15-12-. The molecule has 0 unspecified atom stereocenters. The van der Waals surface area contributed by atoms with E-state index in [0.29, 0.717) is 6.54 Å². The van der Waals surface area contributed by atoms with Crippen molar-refractivity contribution in [2.24, 2.45) is 0 Å². The second kappa shape index (κ2) is 6.98. The lowest BCUT2D eigenvalue weighted by atomic mass is 9.96. The van der Waals surface area contributed by atoms with E-state index in [0.717, 1.165) is 33.6 Å². The fraction of sp³-hybridized carbons (Fsp3) is 0.438. The molecule has 20 heavy (non-hydrogen) atoms. The van der Waals surface area contributed by atoms with E-state index in [-0.39, 0.29) is 5.91 Å². The number of aryl methyl sites for hydroxylation is 2. The van der Waals surface area contributed by atoms with Crippen molar-refractivity contribution < 1.29 is 4.79 Å². The summed E-state index contributed by atoms with van der Waals surface area (Å²) in [6.07, 6.45) is 0. The highest BCUT2D eigenvalue weighted by Crippen LogP contribution is 2.23. The lowest BCUT2D eigenvalue weighted by Crippen LogP contribution is -2.24. The van der Waals surface area contributed by atoms with Crippen molar-refractivity contribution in [3.8, 4) is 0 Å². The first-order valence-electron chi connectivity index (χ1n) is 6.92. The summed E-state index contributed by atoms with van der Waals surface area (Å²) in [6.45, 7) is 8.59. The summed E-state index contributed by atoms with van der Waals surface area (Å²) in [7, 11) is 3.78.